The Labute approximate surface area is 108 Å². The van der Waals surface area contributed by atoms with Crippen molar-refractivity contribution >= 4 is 5.84 Å². The Morgan fingerprint density at radius 2 is 2.00 bits per heavy atom. The summed E-state index contributed by atoms with van der Waals surface area (Å²) < 4.78 is 0. The van der Waals surface area contributed by atoms with Gasteiger partial charge in [0.05, 0.1) is 6.61 Å². The van der Waals surface area contributed by atoms with E-state index < -0.39 is 0 Å². The second-order valence-corrected chi connectivity index (χ2v) is 4.42. The van der Waals surface area contributed by atoms with Crippen LogP contribution in [0.4, 0.5) is 0 Å². The minimum atomic E-state index is -0.0238. The van der Waals surface area contributed by atoms with Crippen LogP contribution in [0.2, 0.25) is 0 Å². The molecule has 0 aliphatic heterocycles. The normalized spacial score (nSPS) is 15.7. The van der Waals surface area contributed by atoms with Gasteiger partial charge in [-0.3, -0.25) is 4.90 Å². The lowest BCUT2D eigenvalue weighted by Gasteiger charge is -2.32. The van der Waals surface area contributed by atoms with Crippen molar-refractivity contribution in [1.29, 1.82) is 0 Å². The van der Waals surface area contributed by atoms with E-state index in [2.05, 4.69) is 5.16 Å². The van der Waals surface area contributed by atoms with Gasteiger partial charge in [0, 0.05) is 18.5 Å². The fourth-order valence-corrected chi connectivity index (χ4v) is 1.85. The van der Waals surface area contributed by atoms with Crippen LogP contribution in [0.5, 0.6) is 0 Å². The van der Waals surface area contributed by atoms with Crippen LogP contribution in [-0.2, 0) is 0 Å². The molecule has 0 aromatic heterocycles. The van der Waals surface area contributed by atoms with Crippen molar-refractivity contribution in [2.24, 2.45) is 10.9 Å². The Morgan fingerprint density at radius 1 is 1.39 bits per heavy atom. The van der Waals surface area contributed by atoms with Crippen molar-refractivity contribution in [3.8, 4) is 0 Å². The molecule has 2 unspecified atom stereocenters. The number of oxime groups is 1. The summed E-state index contributed by atoms with van der Waals surface area (Å²) in [7, 11) is 1.92. The minimum absolute atomic E-state index is 0.00157. The molecule has 2 atom stereocenters. The number of aliphatic hydroxyl groups excluding tert-OH is 1. The fraction of sp³-hybridized carbons (Fsp3) is 0.462. The molecule has 18 heavy (non-hydrogen) atoms. The first kappa shape index (κ1) is 14.5. The van der Waals surface area contributed by atoms with E-state index in [1.54, 1.807) is 0 Å². The van der Waals surface area contributed by atoms with E-state index in [4.69, 9.17) is 10.9 Å². The molecule has 0 aliphatic rings. The molecule has 0 bridgehead atoms. The molecule has 1 aromatic rings. The van der Waals surface area contributed by atoms with Crippen LogP contribution < -0.4 is 5.73 Å². The monoisotopic (exact) mass is 251 g/mol. The third kappa shape index (κ3) is 3.72. The highest BCUT2D eigenvalue weighted by molar-refractivity contribution is 5.80. The summed E-state index contributed by atoms with van der Waals surface area (Å²) in [6.07, 6.45) is 0.418. The molecule has 1 rings (SSSR count). The van der Waals surface area contributed by atoms with Gasteiger partial charge >= 0.3 is 0 Å². The van der Waals surface area contributed by atoms with Crippen LogP contribution in [0.3, 0.4) is 0 Å². The minimum Gasteiger partial charge on any atom is -0.409 e. The zero-order chi connectivity index (χ0) is 13.5. The first-order chi connectivity index (χ1) is 8.60. The van der Waals surface area contributed by atoms with Crippen molar-refractivity contribution in [1.82, 2.24) is 4.90 Å². The third-order valence-corrected chi connectivity index (χ3v) is 3.17. The summed E-state index contributed by atoms with van der Waals surface area (Å²) in [6, 6.07) is 9.81. The number of rotatable bonds is 6. The second kappa shape index (κ2) is 6.98. The Hall–Kier alpha value is -1.59. The summed E-state index contributed by atoms with van der Waals surface area (Å²) in [6.45, 7) is 2.00. The molecule has 0 saturated carbocycles. The Bertz CT molecular complexity index is 381. The highest BCUT2D eigenvalue weighted by Crippen LogP contribution is 2.24. The SMILES string of the molecule is CC(CO)N(C)C(C/C(N)=N/O)c1ccccc1. The Kier molecular flexibility index (Phi) is 5.61. The molecule has 4 N–H and O–H groups in total. The van der Waals surface area contributed by atoms with Crippen LogP contribution in [0.15, 0.2) is 35.5 Å². The molecule has 1 aromatic carbocycles. The molecular formula is C13H21N3O2. The number of benzene rings is 1. The van der Waals surface area contributed by atoms with Crippen LogP contribution in [0.25, 0.3) is 0 Å². The van der Waals surface area contributed by atoms with Crippen molar-refractivity contribution in [3.63, 3.8) is 0 Å². The number of amidine groups is 1. The maximum atomic E-state index is 9.24. The Balaban J connectivity index is 2.95. The Morgan fingerprint density at radius 3 is 2.50 bits per heavy atom. The molecule has 5 nitrogen and oxygen atoms in total. The van der Waals surface area contributed by atoms with E-state index in [-0.39, 0.29) is 24.5 Å². The maximum absolute atomic E-state index is 9.24. The van der Waals surface area contributed by atoms with E-state index in [1.807, 2.05) is 49.2 Å². The van der Waals surface area contributed by atoms with Crippen LogP contribution in [0.1, 0.15) is 24.9 Å². The lowest BCUT2D eigenvalue weighted by atomic mass is 10.0. The van der Waals surface area contributed by atoms with Gasteiger partial charge in [-0.15, -0.1) is 0 Å². The molecule has 0 saturated heterocycles. The second-order valence-electron chi connectivity index (χ2n) is 4.42. The highest BCUT2D eigenvalue weighted by atomic mass is 16.4. The molecule has 0 amide bonds. The largest absolute Gasteiger partial charge is 0.409 e. The van der Waals surface area contributed by atoms with Crippen molar-refractivity contribution in [2.45, 2.75) is 25.4 Å². The van der Waals surface area contributed by atoms with Gasteiger partial charge in [0.15, 0.2) is 0 Å². The van der Waals surface area contributed by atoms with E-state index in [9.17, 15) is 5.11 Å². The van der Waals surface area contributed by atoms with Gasteiger partial charge in [-0.1, -0.05) is 35.5 Å². The predicted octanol–water partition coefficient (Wildman–Crippen LogP) is 1.18. The summed E-state index contributed by atoms with van der Waals surface area (Å²) in [5.74, 6) is 0.181. The van der Waals surface area contributed by atoms with Gasteiger partial charge in [-0.2, -0.15) is 0 Å². The van der Waals surface area contributed by atoms with Crippen molar-refractivity contribution in [2.75, 3.05) is 13.7 Å². The van der Waals surface area contributed by atoms with Crippen LogP contribution in [-0.4, -0.2) is 40.7 Å². The first-order valence-electron chi connectivity index (χ1n) is 5.94. The molecule has 0 radical (unpaired) electrons. The molecule has 0 spiro atoms. The average Bonchev–Trinajstić information content (AvgIpc) is 2.43. The number of hydrogen-bond donors (Lipinski definition) is 3. The summed E-state index contributed by atoms with van der Waals surface area (Å²) in [4.78, 5) is 2.02. The van der Waals surface area contributed by atoms with Crippen LogP contribution >= 0.6 is 0 Å². The topological polar surface area (TPSA) is 82.1 Å². The van der Waals surface area contributed by atoms with Gasteiger partial charge in [-0.25, -0.2) is 0 Å². The van der Waals surface area contributed by atoms with Gasteiger partial charge in [0.25, 0.3) is 0 Å². The fourth-order valence-electron chi connectivity index (χ4n) is 1.85. The van der Waals surface area contributed by atoms with Gasteiger partial charge in [0.1, 0.15) is 5.84 Å². The number of hydrogen-bond acceptors (Lipinski definition) is 4. The average molecular weight is 251 g/mol. The molecule has 0 fully saturated rings. The highest BCUT2D eigenvalue weighted by Gasteiger charge is 2.22. The lowest BCUT2D eigenvalue weighted by molar-refractivity contribution is 0.121. The van der Waals surface area contributed by atoms with Crippen molar-refractivity contribution < 1.29 is 10.3 Å². The zero-order valence-electron chi connectivity index (χ0n) is 10.8. The van der Waals surface area contributed by atoms with Gasteiger partial charge in [0.2, 0.25) is 0 Å². The van der Waals surface area contributed by atoms with E-state index in [0.717, 1.165) is 5.56 Å². The zero-order valence-corrected chi connectivity index (χ0v) is 10.8. The molecule has 5 heteroatoms. The number of nitrogens with two attached hydrogens (primary N) is 1. The van der Waals surface area contributed by atoms with Gasteiger partial charge < -0.3 is 16.0 Å². The van der Waals surface area contributed by atoms with Crippen molar-refractivity contribution in [3.05, 3.63) is 35.9 Å². The predicted molar refractivity (Wildman–Crippen MR) is 71.5 cm³/mol. The third-order valence-electron chi connectivity index (χ3n) is 3.17. The van der Waals surface area contributed by atoms with E-state index in [1.165, 1.54) is 0 Å². The number of likely N-dealkylation sites (N-methyl/N-ethyl adjacent to an activating group) is 1. The van der Waals surface area contributed by atoms with E-state index >= 15 is 0 Å². The molecule has 100 valence electrons. The maximum Gasteiger partial charge on any atom is 0.141 e. The quantitative estimate of drug-likeness (QED) is 0.307. The number of aliphatic hydroxyl groups is 1. The summed E-state index contributed by atoms with van der Waals surface area (Å²) in [5, 5.41) is 21.0. The first-order valence-corrected chi connectivity index (χ1v) is 5.94. The summed E-state index contributed by atoms with van der Waals surface area (Å²) >= 11 is 0. The lowest BCUT2D eigenvalue weighted by Crippen LogP contribution is -2.37. The molecule has 0 aliphatic carbocycles. The van der Waals surface area contributed by atoms with Gasteiger partial charge in [-0.05, 0) is 19.5 Å². The van der Waals surface area contributed by atoms with E-state index in [0.29, 0.717) is 6.42 Å². The molecular weight excluding hydrogens is 230 g/mol. The standard InChI is InChI=1S/C13H21N3O2/c1-10(9-17)16(2)12(8-13(14)15-18)11-6-4-3-5-7-11/h3-7,10,12,17-18H,8-9H2,1-2H3,(H2,14,15). The van der Waals surface area contributed by atoms with Crippen LogP contribution in [0, 0.1) is 0 Å². The molecule has 0 heterocycles. The summed E-state index contributed by atoms with van der Waals surface area (Å²) in [5.41, 5.74) is 6.68. The number of nitrogens with zero attached hydrogens (tertiary/aromatic N) is 2. The smallest absolute Gasteiger partial charge is 0.141 e.